The lowest BCUT2D eigenvalue weighted by molar-refractivity contribution is -0.153. The highest BCUT2D eigenvalue weighted by Gasteiger charge is 2.26. The Balaban J connectivity index is 1.81. The monoisotopic (exact) mass is 323 g/mol. The molecule has 1 N–H and O–H groups in total. The second kappa shape index (κ2) is 6.74. The SMILES string of the molecule is CC(OC(=O)CC1C=CS(=O)(=O)C1)C(=O)Nc1ccccc1. The third-order valence-electron chi connectivity index (χ3n) is 3.15. The van der Waals surface area contributed by atoms with Gasteiger partial charge >= 0.3 is 5.97 Å². The van der Waals surface area contributed by atoms with Crippen molar-refractivity contribution >= 4 is 27.4 Å². The van der Waals surface area contributed by atoms with E-state index in [1.807, 2.05) is 6.07 Å². The van der Waals surface area contributed by atoms with Crippen molar-refractivity contribution in [2.75, 3.05) is 11.1 Å². The Hall–Kier alpha value is -2.15. The normalized spacial score (nSPS) is 20.3. The van der Waals surface area contributed by atoms with Crippen molar-refractivity contribution in [1.29, 1.82) is 0 Å². The summed E-state index contributed by atoms with van der Waals surface area (Å²) in [7, 11) is -3.19. The number of nitrogens with one attached hydrogen (secondary N) is 1. The first-order valence-electron chi connectivity index (χ1n) is 6.82. The number of benzene rings is 1. The number of para-hydroxylation sites is 1. The Morgan fingerprint density at radius 3 is 2.59 bits per heavy atom. The highest BCUT2D eigenvalue weighted by molar-refractivity contribution is 7.94. The lowest BCUT2D eigenvalue weighted by Crippen LogP contribution is -2.30. The van der Waals surface area contributed by atoms with Gasteiger partial charge in [0.25, 0.3) is 5.91 Å². The molecule has 1 heterocycles. The highest BCUT2D eigenvalue weighted by atomic mass is 32.2. The molecule has 0 aromatic heterocycles. The summed E-state index contributed by atoms with van der Waals surface area (Å²) < 4.78 is 27.5. The quantitative estimate of drug-likeness (QED) is 0.830. The highest BCUT2D eigenvalue weighted by Crippen LogP contribution is 2.19. The molecule has 0 saturated heterocycles. The van der Waals surface area contributed by atoms with E-state index in [2.05, 4.69) is 5.32 Å². The first-order chi connectivity index (χ1) is 10.4. The summed E-state index contributed by atoms with van der Waals surface area (Å²) >= 11 is 0. The molecule has 1 amide bonds. The van der Waals surface area contributed by atoms with Crippen LogP contribution in [0.1, 0.15) is 13.3 Å². The number of ether oxygens (including phenoxy) is 1. The Morgan fingerprint density at radius 2 is 2.00 bits per heavy atom. The molecule has 1 aromatic carbocycles. The summed E-state index contributed by atoms with van der Waals surface area (Å²) in [5.74, 6) is -1.51. The summed E-state index contributed by atoms with van der Waals surface area (Å²) in [6.07, 6.45) is 0.471. The van der Waals surface area contributed by atoms with Gasteiger partial charge in [-0.3, -0.25) is 9.59 Å². The lowest BCUT2D eigenvalue weighted by atomic mass is 10.1. The third-order valence-corrected chi connectivity index (χ3v) is 4.62. The van der Waals surface area contributed by atoms with Gasteiger partial charge in [-0.05, 0) is 19.1 Å². The number of carbonyl (C=O) groups excluding carboxylic acids is 2. The number of sulfone groups is 1. The van der Waals surface area contributed by atoms with Crippen molar-refractivity contribution in [3.05, 3.63) is 41.8 Å². The molecule has 7 heteroatoms. The van der Waals surface area contributed by atoms with E-state index in [-0.39, 0.29) is 18.1 Å². The smallest absolute Gasteiger partial charge is 0.307 e. The number of hydrogen-bond donors (Lipinski definition) is 1. The fourth-order valence-corrected chi connectivity index (χ4v) is 3.44. The molecule has 22 heavy (non-hydrogen) atoms. The van der Waals surface area contributed by atoms with Crippen LogP contribution in [-0.4, -0.2) is 32.2 Å². The van der Waals surface area contributed by atoms with Crippen LogP contribution in [0.4, 0.5) is 5.69 Å². The molecule has 0 radical (unpaired) electrons. The van der Waals surface area contributed by atoms with Crippen molar-refractivity contribution < 1.29 is 22.7 Å². The van der Waals surface area contributed by atoms with Crippen LogP contribution in [0.25, 0.3) is 0 Å². The van der Waals surface area contributed by atoms with Gasteiger partial charge in [0.1, 0.15) is 0 Å². The van der Waals surface area contributed by atoms with E-state index in [9.17, 15) is 18.0 Å². The van der Waals surface area contributed by atoms with E-state index in [1.54, 1.807) is 24.3 Å². The van der Waals surface area contributed by atoms with Crippen LogP contribution in [0.5, 0.6) is 0 Å². The van der Waals surface area contributed by atoms with E-state index < -0.39 is 27.8 Å². The van der Waals surface area contributed by atoms with Crippen LogP contribution >= 0.6 is 0 Å². The minimum atomic E-state index is -3.19. The fraction of sp³-hybridized carbons (Fsp3) is 0.333. The zero-order valence-corrected chi connectivity index (χ0v) is 12.9. The minimum absolute atomic E-state index is 0.0569. The number of allylic oxidation sites excluding steroid dienone is 1. The van der Waals surface area contributed by atoms with E-state index >= 15 is 0 Å². The standard InChI is InChI=1S/C15H17NO5S/c1-11(15(18)16-13-5-3-2-4-6-13)21-14(17)9-12-7-8-22(19,20)10-12/h2-8,11-12H,9-10H2,1H3,(H,16,18). The summed E-state index contributed by atoms with van der Waals surface area (Å²) in [5, 5.41) is 3.74. The summed E-state index contributed by atoms with van der Waals surface area (Å²) in [6, 6.07) is 8.82. The zero-order chi connectivity index (χ0) is 16.2. The van der Waals surface area contributed by atoms with E-state index in [0.717, 1.165) is 5.41 Å². The Bertz CT molecular complexity index is 681. The summed E-state index contributed by atoms with van der Waals surface area (Å²) in [4.78, 5) is 23.6. The van der Waals surface area contributed by atoms with Gasteiger partial charge in [-0.15, -0.1) is 0 Å². The molecule has 1 aliphatic heterocycles. The molecule has 2 atom stereocenters. The molecule has 1 aromatic rings. The van der Waals surface area contributed by atoms with Gasteiger partial charge in [0, 0.05) is 17.0 Å². The predicted molar refractivity (Wildman–Crippen MR) is 81.7 cm³/mol. The van der Waals surface area contributed by atoms with Crippen molar-refractivity contribution in [3.63, 3.8) is 0 Å². The topological polar surface area (TPSA) is 89.5 Å². The zero-order valence-electron chi connectivity index (χ0n) is 12.1. The molecule has 0 fully saturated rings. The second-order valence-corrected chi connectivity index (χ2v) is 7.04. The van der Waals surface area contributed by atoms with Crippen LogP contribution < -0.4 is 5.32 Å². The van der Waals surface area contributed by atoms with Crippen LogP contribution in [0.2, 0.25) is 0 Å². The third kappa shape index (κ3) is 4.70. The average molecular weight is 323 g/mol. The number of carbonyl (C=O) groups is 2. The van der Waals surface area contributed by atoms with Gasteiger partial charge < -0.3 is 10.1 Å². The Kier molecular flexibility index (Phi) is 4.97. The molecule has 2 unspecified atom stereocenters. The fourth-order valence-electron chi connectivity index (χ4n) is 2.05. The summed E-state index contributed by atoms with van der Waals surface area (Å²) in [5.41, 5.74) is 0.611. The lowest BCUT2D eigenvalue weighted by Gasteiger charge is -2.14. The van der Waals surface area contributed by atoms with Gasteiger partial charge in [0.05, 0.1) is 12.2 Å². The maximum atomic E-state index is 11.9. The number of amides is 1. The average Bonchev–Trinajstić information content (AvgIpc) is 2.78. The largest absolute Gasteiger partial charge is 0.453 e. The molecule has 0 saturated carbocycles. The van der Waals surface area contributed by atoms with Gasteiger partial charge in [-0.1, -0.05) is 24.3 Å². The Morgan fingerprint density at radius 1 is 1.32 bits per heavy atom. The molecule has 0 spiro atoms. The maximum Gasteiger partial charge on any atom is 0.307 e. The molecule has 0 aliphatic carbocycles. The molecule has 1 aliphatic rings. The molecular weight excluding hydrogens is 306 g/mol. The molecule has 2 rings (SSSR count). The van der Waals surface area contributed by atoms with Crippen molar-refractivity contribution in [2.45, 2.75) is 19.4 Å². The number of hydrogen-bond acceptors (Lipinski definition) is 5. The van der Waals surface area contributed by atoms with Crippen LogP contribution in [0.15, 0.2) is 41.8 Å². The second-order valence-electron chi connectivity index (χ2n) is 5.11. The number of esters is 1. The first kappa shape index (κ1) is 16.2. The van der Waals surface area contributed by atoms with Gasteiger partial charge in [0.15, 0.2) is 15.9 Å². The van der Waals surface area contributed by atoms with Crippen molar-refractivity contribution in [1.82, 2.24) is 0 Å². The molecular formula is C15H17NO5S. The summed E-state index contributed by atoms with van der Waals surface area (Å²) in [6.45, 7) is 1.47. The van der Waals surface area contributed by atoms with E-state index in [1.165, 1.54) is 13.0 Å². The van der Waals surface area contributed by atoms with E-state index in [4.69, 9.17) is 4.74 Å². The molecule has 6 nitrogen and oxygen atoms in total. The van der Waals surface area contributed by atoms with Crippen LogP contribution in [0.3, 0.4) is 0 Å². The number of rotatable bonds is 5. The van der Waals surface area contributed by atoms with Crippen molar-refractivity contribution in [2.24, 2.45) is 5.92 Å². The maximum absolute atomic E-state index is 11.9. The Labute approximate surface area is 129 Å². The van der Waals surface area contributed by atoms with Crippen molar-refractivity contribution in [3.8, 4) is 0 Å². The molecule has 0 bridgehead atoms. The first-order valence-corrected chi connectivity index (χ1v) is 8.53. The van der Waals surface area contributed by atoms with E-state index in [0.29, 0.717) is 5.69 Å². The van der Waals surface area contributed by atoms with Gasteiger partial charge in [-0.2, -0.15) is 0 Å². The van der Waals surface area contributed by atoms with Crippen LogP contribution in [-0.2, 0) is 24.2 Å². The van der Waals surface area contributed by atoms with Crippen LogP contribution in [0, 0.1) is 5.92 Å². The predicted octanol–water partition coefficient (Wildman–Crippen LogP) is 1.51. The van der Waals surface area contributed by atoms with Gasteiger partial charge in [-0.25, -0.2) is 8.42 Å². The van der Waals surface area contributed by atoms with Gasteiger partial charge in [0.2, 0.25) is 0 Å². The minimum Gasteiger partial charge on any atom is -0.453 e. The molecule has 118 valence electrons. The number of anilines is 1.